The van der Waals surface area contributed by atoms with E-state index in [2.05, 4.69) is 127 Å². The van der Waals surface area contributed by atoms with Gasteiger partial charge in [0, 0.05) is 11.7 Å². The van der Waals surface area contributed by atoms with Crippen molar-refractivity contribution >= 4 is 27.7 Å². The monoisotopic (exact) mass is 722 g/mol. The molecule has 0 N–H and O–H groups in total. The van der Waals surface area contributed by atoms with Gasteiger partial charge in [-0.2, -0.15) is 0 Å². The molecular formula is C36H37N3OPt. The number of benzene rings is 3. The summed E-state index contributed by atoms with van der Waals surface area (Å²) in [6.07, 6.45) is 1.90. The van der Waals surface area contributed by atoms with Crippen molar-refractivity contribution in [3.63, 3.8) is 0 Å². The summed E-state index contributed by atoms with van der Waals surface area (Å²) in [7, 11) is 0. The minimum atomic E-state index is 0. The Morgan fingerprint density at radius 3 is 2.34 bits per heavy atom. The minimum Gasteiger partial charge on any atom is -0.518 e. The first-order chi connectivity index (χ1) is 18.9. The molecule has 0 saturated carbocycles. The molecule has 4 nitrogen and oxygen atoms in total. The van der Waals surface area contributed by atoms with Crippen molar-refractivity contribution in [3.8, 4) is 16.9 Å². The molecule has 212 valence electrons. The average molecular weight is 723 g/mol. The molecule has 0 fully saturated rings. The van der Waals surface area contributed by atoms with E-state index in [1.807, 2.05) is 6.20 Å². The minimum absolute atomic E-state index is 0. The Bertz CT molecular complexity index is 1800. The van der Waals surface area contributed by atoms with Gasteiger partial charge in [-0.25, -0.2) is 0 Å². The molecule has 1 atom stereocenters. The number of aromatic nitrogens is 2. The fourth-order valence-electron chi connectivity index (χ4n) is 5.51. The Labute approximate surface area is 258 Å². The quantitative estimate of drug-likeness (QED) is 0.175. The van der Waals surface area contributed by atoms with E-state index < -0.39 is 0 Å². The van der Waals surface area contributed by atoms with Crippen molar-refractivity contribution in [1.82, 2.24) is 9.55 Å². The third-order valence-electron chi connectivity index (χ3n) is 8.02. The first kappa shape index (κ1) is 29.3. The zero-order valence-electron chi connectivity index (χ0n) is 25.1. The van der Waals surface area contributed by atoms with Crippen molar-refractivity contribution in [2.75, 3.05) is 6.61 Å². The second-order valence-electron chi connectivity index (χ2n) is 13.2. The van der Waals surface area contributed by atoms with Gasteiger partial charge in [0.15, 0.2) is 0 Å². The fraction of sp³-hybridized carbons (Fsp3) is 0.333. The molecule has 0 aliphatic carbocycles. The number of hydrogen-bond donors (Lipinski definition) is 0. The van der Waals surface area contributed by atoms with E-state index in [9.17, 15) is 0 Å². The predicted octanol–water partition coefficient (Wildman–Crippen LogP) is 8.55. The summed E-state index contributed by atoms with van der Waals surface area (Å²) in [5.41, 5.74) is 9.54. The van der Waals surface area contributed by atoms with E-state index in [0.717, 1.165) is 50.1 Å². The first-order valence-electron chi connectivity index (χ1n) is 14.1. The summed E-state index contributed by atoms with van der Waals surface area (Å²) in [6, 6.07) is 27.0. The summed E-state index contributed by atoms with van der Waals surface area (Å²) in [4.78, 5) is 9.71. The van der Waals surface area contributed by atoms with E-state index in [-0.39, 0.29) is 37.9 Å². The SMILES string of the molecule is Cc1cc(C)c(-n2c3[c-]c(-c4cc(C(C)(C)C)ccn4)ccc3c3ccccc32)[c-]c1C1=N[C@H](C(C)(C)C)CO1.[Pt+2]. The zero-order chi connectivity index (χ0) is 28.4. The Balaban J connectivity index is 0.00000337. The van der Waals surface area contributed by atoms with Crippen LogP contribution in [0.25, 0.3) is 38.8 Å². The molecule has 2 aromatic heterocycles. The molecule has 0 unspecified atom stereocenters. The molecule has 0 radical (unpaired) electrons. The average Bonchev–Trinajstić information content (AvgIpc) is 3.52. The Morgan fingerprint density at radius 1 is 0.878 bits per heavy atom. The Hall–Kier alpha value is -3.23. The van der Waals surface area contributed by atoms with Gasteiger partial charge in [0.1, 0.15) is 5.90 Å². The molecule has 0 amide bonds. The number of rotatable bonds is 3. The van der Waals surface area contributed by atoms with E-state index in [1.165, 1.54) is 10.9 Å². The Kier molecular flexibility index (Phi) is 7.53. The van der Waals surface area contributed by atoms with Crippen LogP contribution >= 0.6 is 0 Å². The molecule has 1 aliphatic rings. The van der Waals surface area contributed by atoms with Gasteiger partial charge >= 0.3 is 21.1 Å². The maximum absolute atomic E-state index is 6.16. The topological polar surface area (TPSA) is 39.4 Å². The van der Waals surface area contributed by atoms with Crippen LogP contribution in [-0.2, 0) is 31.2 Å². The van der Waals surface area contributed by atoms with E-state index in [1.54, 1.807) is 0 Å². The van der Waals surface area contributed by atoms with E-state index in [4.69, 9.17) is 14.7 Å². The molecule has 3 heterocycles. The third kappa shape index (κ3) is 5.28. The normalized spacial score (nSPS) is 15.6. The van der Waals surface area contributed by atoms with Gasteiger partial charge in [0.2, 0.25) is 0 Å². The van der Waals surface area contributed by atoms with E-state index in [0.29, 0.717) is 12.5 Å². The summed E-state index contributed by atoms with van der Waals surface area (Å²) in [5, 5.41) is 2.34. The number of pyridine rings is 1. The summed E-state index contributed by atoms with van der Waals surface area (Å²) in [5.74, 6) is 0.687. The fourth-order valence-corrected chi connectivity index (χ4v) is 5.51. The van der Waals surface area contributed by atoms with Gasteiger partial charge in [-0.1, -0.05) is 90.6 Å². The molecule has 1 aliphatic heterocycles. The van der Waals surface area contributed by atoms with Crippen LogP contribution in [0.3, 0.4) is 0 Å². The van der Waals surface area contributed by atoms with Crippen LogP contribution in [0.5, 0.6) is 0 Å². The standard InChI is InChI=1S/C36H37N3O.Pt/c1-22-17-23(2)31(20-28(22)34-38-33(21-40-34)36(6,7)8)39-30-12-10-9-11-26(30)27-14-13-24(18-32(27)39)29-19-25(15-16-37-29)35(3,4)5;/h9-17,19,33H,21H2,1-8H3;/q-2;+2/t33-;/m0./s1. The smallest absolute Gasteiger partial charge is 0.518 e. The van der Waals surface area contributed by atoms with E-state index >= 15 is 0 Å². The molecule has 0 saturated heterocycles. The number of para-hydroxylation sites is 1. The molecule has 3 aromatic carbocycles. The molecular weight excluding hydrogens is 685 g/mol. The third-order valence-corrected chi connectivity index (χ3v) is 8.02. The molecule has 6 rings (SSSR count). The van der Waals surface area contributed by atoms with Crippen LogP contribution in [0.4, 0.5) is 0 Å². The largest absolute Gasteiger partial charge is 2.00 e. The second kappa shape index (κ2) is 10.6. The van der Waals surface area contributed by atoms with Crippen molar-refractivity contribution < 1.29 is 25.8 Å². The summed E-state index contributed by atoms with van der Waals surface area (Å²) in [6.45, 7) is 18.2. The van der Waals surface area contributed by atoms with Crippen LogP contribution < -0.4 is 0 Å². The number of aliphatic imine (C=N–C) groups is 1. The molecule has 41 heavy (non-hydrogen) atoms. The number of ether oxygens (including phenoxy) is 1. The molecule has 0 bridgehead atoms. The predicted molar refractivity (Wildman–Crippen MR) is 166 cm³/mol. The van der Waals surface area contributed by atoms with Gasteiger partial charge in [-0.3, -0.25) is 4.99 Å². The van der Waals surface area contributed by atoms with Crippen LogP contribution in [-0.4, -0.2) is 28.1 Å². The van der Waals surface area contributed by atoms with Crippen molar-refractivity contribution in [3.05, 3.63) is 95.2 Å². The Morgan fingerprint density at radius 2 is 1.63 bits per heavy atom. The molecule has 5 aromatic rings. The van der Waals surface area contributed by atoms with Gasteiger partial charge in [0.05, 0.1) is 12.6 Å². The van der Waals surface area contributed by atoms with Crippen LogP contribution in [0, 0.1) is 31.4 Å². The summed E-state index contributed by atoms with van der Waals surface area (Å²) >= 11 is 0. The van der Waals surface area contributed by atoms with Gasteiger partial charge < -0.3 is 14.3 Å². The van der Waals surface area contributed by atoms with Gasteiger partial charge in [-0.15, -0.1) is 47.0 Å². The van der Waals surface area contributed by atoms with Crippen molar-refractivity contribution in [1.29, 1.82) is 0 Å². The first-order valence-corrected chi connectivity index (χ1v) is 14.1. The number of nitrogens with zero attached hydrogens (tertiary/aromatic N) is 3. The molecule has 0 spiro atoms. The van der Waals surface area contributed by atoms with Gasteiger partial charge in [-0.05, 0) is 50.8 Å². The zero-order valence-corrected chi connectivity index (χ0v) is 27.4. The maximum Gasteiger partial charge on any atom is 2.00 e. The number of aryl methyl sites for hydroxylation is 2. The van der Waals surface area contributed by atoms with Crippen molar-refractivity contribution in [2.24, 2.45) is 10.4 Å². The second-order valence-corrected chi connectivity index (χ2v) is 13.2. The van der Waals surface area contributed by atoms with Gasteiger partial charge in [0.25, 0.3) is 0 Å². The van der Waals surface area contributed by atoms with Crippen LogP contribution in [0.1, 0.15) is 63.8 Å². The summed E-state index contributed by atoms with van der Waals surface area (Å²) < 4.78 is 8.44. The number of fused-ring (bicyclic) bond motifs is 3. The number of hydrogen-bond acceptors (Lipinski definition) is 3. The maximum atomic E-state index is 6.16. The van der Waals surface area contributed by atoms with Crippen LogP contribution in [0.15, 0.2) is 65.8 Å². The van der Waals surface area contributed by atoms with Crippen molar-refractivity contribution in [2.45, 2.75) is 66.8 Å². The molecule has 5 heteroatoms. The van der Waals surface area contributed by atoms with Crippen LogP contribution in [0.2, 0.25) is 0 Å².